The number of hydrogen-bond donors (Lipinski definition) is 1. The van der Waals surface area contributed by atoms with Gasteiger partial charge in [-0.05, 0) is 24.1 Å². The van der Waals surface area contributed by atoms with Crippen LogP contribution in [0.3, 0.4) is 0 Å². The van der Waals surface area contributed by atoms with Crippen molar-refractivity contribution in [1.29, 1.82) is 0 Å². The number of para-hydroxylation sites is 1. The molecule has 2 aromatic carbocycles. The molecule has 2 aliphatic heterocycles. The van der Waals surface area contributed by atoms with Gasteiger partial charge in [0.05, 0.1) is 13.1 Å². The summed E-state index contributed by atoms with van der Waals surface area (Å²) >= 11 is 0. The first kappa shape index (κ1) is 23.5. The summed E-state index contributed by atoms with van der Waals surface area (Å²) < 4.78 is 0. The first-order valence-electron chi connectivity index (χ1n) is 12.2. The second kappa shape index (κ2) is 12.0. The lowest BCUT2D eigenvalue weighted by Crippen LogP contribution is -3.06. The quantitative estimate of drug-likeness (QED) is 0.495. The summed E-state index contributed by atoms with van der Waals surface area (Å²) in [5.41, 5.74) is 5.93. The molecule has 2 atom stereocenters. The van der Waals surface area contributed by atoms with Crippen LogP contribution in [0.25, 0.3) is 11.1 Å². The number of benzene rings is 2. The number of hydrogen-bond acceptors (Lipinski definition) is 1. The van der Waals surface area contributed by atoms with Crippen molar-refractivity contribution in [3.63, 3.8) is 0 Å². The highest BCUT2D eigenvalue weighted by molar-refractivity contribution is 5.77. The van der Waals surface area contributed by atoms with Crippen LogP contribution in [0.2, 0.25) is 0 Å². The molecule has 0 saturated carbocycles. The van der Waals surface area contributed by atoms with E-state index in [-0.39, 0.29) is 17.0 Å². The van der Waals surface area contributed by atoms with Gasteiger partial charge in [0.15, 0.2) is 6.17 Å². The van der Waals surface area contributed by atoms with Crippen LogP contribution in [0.5, 0.6) is 0 Å². The second-order valence-electron chi connectivity index (χ2n) is 9.03. The highest BCUT2D eigenvalue weighted by Crippen LogP contribution is 2.38. The lowest BCUT2D eigenvalue weighted by Gasteiger charge is -2.33. The monoisotopic (exact) mass is 470 g/mol. The molecule has 30 heavy (non-hydrogen) atoms. The lowest BCUT2D eigenvalue weighted by molar-refractivity contribution is -0.860. The Morgan fingerprint density at radius 2 is 1.37 bits per heavy atom. The topological polar surface area (TPSA) is 7.68 Å². The van der Waals surface area contributed by atoms with E-state index >= 15 is 0 Å². The minimum absolute atomic E-state index is 0. The summed E-state index contributed by atoms with van der Waals surface area (Å²) in [7, 11) is 0. The van der Waals surface area contributed by atoms with E-state index in [1.165, 1.54) is 106 Å². The molecule has 0 aromatic heterocycles. The Morgan fingerprint density at radius 1 is 0.767 bits per heavy atom. The van der Waals surface area contributed by atoms with Crippen LogP contribution in [0.4, 0.5) is 5.69 Å². The molecule has 0 radical (unpaired) electrons. The Hall–Kier alpha value is -1.16. The number of unbranched alkanes of at least 4 members (excludes halogenated alkanes) is 9. The normalized spacial score (nSPS) is 19.6. The maximum atomic E-state index is 2.76. The summed E-state index contributed by atoms with van der Waals surface area (Å²) in [5, 5.41) is 0. The molecule has 0 aliphatic carbocycles. The predicted molar refractivity (Wildman–Crippen MR) is 124 cm³/mol. The minimum Gasteiger partial charge on any atom is -1.00 e. The van der Waals surface area contributed by atoms with E-state index in [0.717, 1.165) is 0 Å². The molecule has 2 unspecified atom stereocenters. The molecule has 2 aliphatic rings. The van der Waals surface area contributed by atoms with Gasteiger partial charge in [-0.25, -0.2) is 4.90 Å². The average molecular weight is 472 g/mol. The minimum atomic E-state index is 0. The van der Waals surface area contributed by atoms with Gasteiger partial charge in [-0.15, -0.1) is 0 Å². The molecular formula is C27H39BrN2. The fourth-order valence-electron chi connectivity index (χ4n) is 5.44. The summed E-state index contributed by atoms with van der Waals surface area (Å²) in [6.45, 7) is 6.00. The van der Waals surface area contributed by atoms with Gasteiger partial charge in [-0.2, -0.15) is 0 Å². The maximum absolute atomic E-state index is 2.76. The van der Waals surface area contributed by atoms with Crippen molar-refractivity contribution in [3.8, 4) is 11.1 Å². The van der Waals surface area contributed by atoms with Gasteiger partial charge in [0.2, 0.25) is 0 Å². The van der Waals surface area contributed by atoms with E-state index in [1.54, 1.807) is 4.90 Å². The van der Waals surface area contributed by atoms with Crippen LogP contribution in [-0.2, 0) is 0 Å². The van der Waals surface area contributed by atoms with E-state index in [9.17, 15) is 0 Å². The van der Waals surface area contributed by atoms with Crippen molar-refractivity contribution >= 4 is 5.69 Å². The molecule has 3 heteroatoms. The van der Waals surface area contributed by atoms with Crippen LogP contribution < -0.4 is 21.9 Å². The second-order valence-corrected chi connectivity index (χ2v) is 9.03. The van der Waals surface area contributed by atoms with Crippen LogP contribution in [-0.4, -0.2) is 24.5 Å². The third kappa shape index (κ3) is 5.36. The van der Waals surface area contributed by atoms with Gasteiger partial charge in [-0.1, -0.05) is 101 Å². The molecule has 2 aromatic rings. The summed E-state index contributed by atoms with van der Waals surface area (Å²) in [4.78, 5) is 4.42. The van der Waals surface area contributed by atoms with E-state index in [2.05, 4.69) is 60.4 Å². The summed E-state index contributed by atoms with van der Waals surface area (Å²) in [6, 6.07) is 18.2. The molecular weight excluding hydrogens is 432 g/mol. The molecule has 164 valence electrons. The van der Waals surface area contributed by atoms with E-state index < -0.39 is 0 Å². The van der Waals surface area contributed by atoms with Crippen molar-refractivity contribution in [2.24, 2.45) is 0 Å². The van der Waals surface area contributed by atoms with Gasteiger partial charge in [-0.3, -0.25) is 4.90 Å². The lowest BCUT2D eigenvalue weighted by atomic mass is 9.91. The maximum Gasteiger partial charge on any atom is 0.175 e. The van der Waals surface area contributed by atoms with Crippen molar-refractivity contribution in [2.75, 3.05) is 19.6 Å². The molecule has 4 rings (SSSR count). The van der Waals surface area contributed by atoms with Crippen molar-refractivity contribution in [2.45, 2.75) is 77.3 Å². The number of fused-ring (bicyclic) bond motifs is 6. The van der Waals surface area contributed by atoms with Crippen molar-refractivity contribution in [3.05, 3.63) is 54.1 Å². The Morgan fingerprint density at radius 3 is 2.10 bits per heavy atom. The smallest absolute Gasteiger partial charge is 0.175 e. The number of quaternary nitrogens is 1. The number of rotatable bonds is 11. The highest BCUT2D eigenvalue weighted by atomic mass is 79.9. The third-order valence-electron chi connectivity index (χ3n) is 6.98. The zero-order valence-electron chi connectivity index (χ0n) is 18.7. The SMILES string of the molecule is CCCCCCCCCCCCN1CC[NH+]2c3ccccc3-c3ccccc3C12.[Br-]. The summed E-state index contributed by atoms with van der Waals surface area (Å²) in [5.74, 6) is 0. The zero-order chi connectivity index (χ0) is 19.9. The van der Waals surface area contributed by atoms with Crippen molar-refractivity contribution in [1.82, 2.24) is 4.90 Å². The van der Waals surface area contributed by atoms with Crippen LogP contribution in [0, 0.1) is 0 Å². The predicted octanol–water partition coefficient (Wildman–Crippen LogP) is 3.12. The Labute approximate surface area is 194 Å². The molecule has 1 N–H and O–H groups in total. The van der Waals surface area contributed by atoms with Crippen LogP contribution in [0.15, 0.2) is 48.5 Å². The number of halogens is 1. The molecule has 2 nitrogen and oxygen atoms in total. The molecule has 0 spiro atoms. The Balaban J connectivity index is 0.00000256. The average Bonchev–Trinajstić information content (AvgIpc) is 3.20. The Kier molecular flexibility index (Phi) is 9.42. The van der Waals surface area contributed by atoms with E-state index in [1.807, 2.05) is 0 Å². The van der Waals surface area contributed by atoms with E-state index in [4.69, 9.17) is 0 Å². The molecule has 2 heterocycles. The first-order chi connectivity index (χ1) is 14.4. The fraction of sp³-hybridized carbons (Fsp3) is 0.556. The zero-order valence-corrected chi connectivity index (χ0v) is 20.3. The van der Waals surface area contributed by atoms with E-state index in [0.29, 0.717) is 6.17 Å². The van der Waals surface area contributed by atoms with Gasteiger partial charge in [0.25, 0.3) is 0 Å². The fourth-order valence-corrected chi connectivity index (χ4v) is 5.44. The summed E-state index contributed by atoms with van der Waals surface area (Å²) in [6.07, 6.45) is 14.7. The third-order valence-corrected chi connectivity index (χ3v) is 6.98. The Bertz CT molecular complexity index is 775. The van der Waals surface area contributed by atoms with Crippen LogP contribution >= 0.6 is 0 Å². The standard InChI is InChI=1S/C27H38N2.BrH/c1-2-3-4-5-6-7-8-9-10-15-20-28-21-22-29-26-19-14-13-17-24(26)23-16-11-12-18-25(23)27(28)29;/h11-14,16-19,27H,2-10,15,20-22H2,1H3;1H. The largest absolute Gasteiger partial charge is 1.00 e. The molecule has 1 saturated heterocycles. The highest BCUT2D eigenvalue weighted by Gasteiger charge is 2.43. The van der Waals surface area contributed by atoms with Gasteiger partial charge < -0.3 is 17.0 Å². The molecule has 0 bridgehead atoms. The number of nitrogens with one attached hydrogen (secondary N) is 1. The number of nitrogens with zero attached hydrogens (tertiary/aromatic N) is 1. The van der Waals surface area contributed by atoms with Crippen molar-refractivity contribution < 1.29 is 21.9 Å². The van der Waals surface area contributed by atoms with Crippen LogP contribution in [0.1, 0.15) is 82.9 Å². The molecule has 1 fully saturated rings. The molecule has 0 amide bonds. The van der Waals surface area contributed by atoms with Gasteiger partial charge in [0.1, 0.15) is 5.69 Å². The first-order valence-corrected chi connectivity index (χ1v) is 12.2. The van der Waals surface area contributed by atoms with Gasteiger partial charge in [0, 0.05) is 17.7 Å². The van der Waals surface area contributed by atoms with Gasteiger partial charge >= 0.3 is 0 Å².